The van der Waals surface area contributed by atoms with Gasteiger partial charge in [0, 0.05) is 19.6 Å². The Balaban J connectivity index is 0.00000128. The third kappa shape index (κ3) is 4.60. The molecule has 0 radical (unpaired) electrons. The van der Waals surface area contributed by atoms with E-state index in [-0.39, 0.29) is 12.4 Å². The van der Waals surface area contributed by atoms with E-state index in [1.165, 1.54) is 64.8 Å². The van der Waals surface area contributed by atoms with Crippen molar-refractivity contribution < 1.29 is 0 Å². The fraction of sp³-hybridized carbons (Fsp3) is 1.00. The Labute approximate surface area is 107 Å². The molecule has 1 aliphatic heterocycles. The van der Waals surface area contributed by atoms with Gasteiger partial charge in [-0.3, -0.25) is 0 Å². The van der Waals surface area contributed by atoms with Gasteiger partial charge in [0.15, 0.2) is 0 Å². The third-order valence-corrected chi connectivity index (χ3v) is 4.08. The monoisotopic (exact) mass is 246 g/mol. The van der Waals surface area contributed by atoms with Gasteiger partial charge in [-0.15, -0.1) is 12.4 Å². The Bertz CT molecular complexity index is 171. The van der Waals surface area contributed by atoms with Crippen LogP contribution < -0.4 is 5.32 Å². The standard InChI is InChI=1S/C13H26N2.ClH/c1-12-3-5-13(6-4-12)11-15-9-2-7-14-8-10-15;/h12-14H,2-11H2,1H3;1H. The number of halogens is 1. The van der Waals surface area contributed by atoms with Crippen LogP contribution >= 0.6 is 12.4 Å². The van der Waals surface area contributed by atoms with Gasteiger partial charge in [0.1, 0.15) is 0 Å². The van der Waals surface area contributed by atoms with Crippen LogP contribution in [0.5, 0.6) is 0 Å². The molecular formula is C13H27ClN2. The van der Waals surface area contributed by atoms with E-state index in [0.29, 0.717) is 0 Å². The Morgan fingerprint density at radius 1 is 1.06 bits per heavy atom. The van der Waals surface area contributed by atoms with Crippen molar-refractivity contribution in [3.05, 3.63) is 0 Å². The highest BCUT2D eigenvalue weighted by Gasteiger charge is 2.20. The summed E-state index contributed by atoms with van der Waals surface area (Å²) in [5.41, 5.74) is 0. The zero-order chi connectivity index (χ0) is 10.5. The molecule has 1 heterocycles. The van der Waals surface area contributed by atoms with Crippen molar-refractivity contribution in [2.45, 2.75) is 39.0 Å². The highest BCUT2D eigenvalue weighted by Crippen LogP contribution is 2.28. The van der Waals surface area contributed by atoms with Crippen LogP contribution in [0.3, 0.4) is 0 Å². The molecule has 16 heavy (non-hydrogen) atoms. The van der Waals surface area contributed by atoms with E-state index in [2.05, 4.69) is 17.1 Å². The van der Waals surface area contributed by atoms with Gasteiger partial charge >= 0.3 is 0 Å². The maximum absolute atomic E-state index is 3.48. The van der Waals surface area contributed by atoms with Crippen molar-refractivity contribution in [1.29, 1.82) is 0 Å². The molecule has 2 fully saturated rings. The predicted molar refractivity (Wildman–Crippen MR) is 72.3 cm³/mol. The second-order valence-corrected chi connectivity index (χ2v) is 5.53. The van der Waals surface area contributed by atoms with E-state index in [1.54, 1.807) is 0 Å². The second kappa shape index (κ2) is 7.52. The lowest BCUT2D eigenvalue weighted by Gasteiger charge is -2.30. The van der Waals surface area contributed by atoms with Crippen molar-refractivity contribution in [2.24, 2.45) is 11.8 Å². The van der Waals surface area contributed by atoms with Gasteiger partial charge < -0.3 is 10.2 Å². The Morgan fingerprint density at radius 2 is 1.81 bits per heavy atom. The molecule has 0 atom stereocenters. The summed E-state index contributed by atoms with van der Waals surface area (Å²) in [5.74, 6) is 1.99. The van der Waals surface area contributed by atoms with E-state index in [1.807, 2.05) is 0 Å². The molecule has 0 aromatic carbocycles. The first-order chi connectivity index (χ1) is 7.34. The van der Waals surface area contributed by atoms with Crippen LogP contribution in [0.25, 0.3) is 0 Å². The number of hydrogen-bond acceptors (Lipinski definition) is 2. The van der Waals surface area contributed by atoms with Crippen molar-refractivity contribution in [3.8, 4) is 0 Å². The molecule has 1 saturated heterocycles. The lowest BCUT2D eigenvalue weighted by atomic mass is 9.83. The van der Waals surface area contributed by atoms with Crippen molar-refractivity contribution in [2.75, 3.05) is 32.7 Å². The van der Waals surface area contributed by atoms with Gasteiger partial charge in [-0.05, 0) is 44.2 Å². The number of rotatable bonds is 2. The van der Waals surface area contributed by atoms with Crippen molar-refractivity contribution in [3.63, 3.8) is 0 Å². The Hall–Kier alpha value is 0.210. The summed E-state index contributed by atoms with van der Waals surface area (Å²) < 4.78 is 0. The summed E-state index contributed by atoms with van der Waals surface area (Å²) in [6, 6.07) is 0. The molecule has 0 spiro atoms. The summed E-state index contributed by atoms with van der Waals surface area (Å²) in [6.07, 6.45) is 7.23. The Morgan fingerprint density at radius 3 is 2.56 bits per heavy atom. The van der Waals surface area contributed by atoms with Crippen LogP contribution in [0.1, 0.15) is 39.0 Å². The van der Waals surface area contributed by atoms with Gasteiger partial charge in [-0.1, -0.05) is 19.8 Å². The SMILES string of the molecule is CC1CCC(CN2CCCNCC2)CC1.Cl. The average molecular weight is 247 g/mol. The number of nitrogens with one attached hydrogen (secondary N) is 1. The number of hydrogen-bond donors (Lipinski definition) is 1. The van der Waals surface area contributed by atoms with Crippen LogP contribution in [-0.4, -0.2) is 37.6 Å². The molecule has 1 N–H and O–H groups in total. The first-order valence-electron chi connectivity index (χ1n) is 6.77. The molecule has 0 unspecified atom stereocenters. The second-order valence-electron chi connectivity index (χ2n) is 5.53. The molecule has 0 aromatic heterocycles. The van der Waals surface area contributed by atoms with Crippen LogP contribution in [0, 0.1) is 11.8 Å². The fourth-order valence-electron chi connectivity index (χ4n) is 2.96. The van der Waals surface area contributed by atoms with Crippen molar-refractivity contribution >= 4 is 12.4 Å². The molecule has 0 aromatic rings. The first kappa shape index (κ1) is 14.3. The minimum atomic E-state index is 0. The molecule has 2 rings (SSSR count). The molecule has 0 bridgehead atoms. The molecule has 1 aliphatic carbocycles. The smallest absolute Gasteiger partial charge is 0.0107 e. The summed E-state index contributed by atoms with van der Waals surface area (Å²) in [4.78, 5) is 2.68. The Kier molecular flexibility index (Phi) is 6.71. The maximum atomic E-state index is 3.48. The molecule has 1 saturated carbocycles. The van der Waals surface area contributed by atoms with Crippen molar-refractivity contribution in [1.82, 2.24) is 10.2 Å². The van der Waals surface area contributed by atoms with Gasteiger partial charge in [0.05, 0.1) is 0 Å². The summed E-state index contributed by atoms with van der Waals surface area (Å²) in [7, 11) is 0. The van der Waals surface area contributed by atoms with Crippen LogP contribution in [0.2, 0.25) is 0 Å². The normalized spacial score (nSPS) is 32.8. The van der Waals surface area contributed by atoms with Crippen LogP contribution in [0.4, 0.5) is 0 Å². The van der Waals surface area contributed by atoms with Crippen LogP contribution in [-0.2, 0) is 0 Å². The van der Waals surface area contributed by atoms with Gasteiger partial charge in [0.2, 0.25) is 0 Å². The predicted octanol–water partition coefficient (Wildman–Crippen LogP) is 2.53. The fourth-order valence-corrected chi connectivity index (χ4v) is 2.96. The molecule has 96 valence electrons. The minimum absolute atomic E-state index is 0. The van der Waals surface area contributed by atoms with E-state index >= 15 is 0 Å². The largest absolute Gasteiger partial charge is 0.315 e. The maximum Gasteiger partial charge on any atom is 0.0107 e. The lowest BCUT2D eigenvalue weighted by molar-refractivity contribution is 0.192. The molecule has 2 aliphatic rings. The zero-order valence-electron chi connectivity index (χ0n) is 10.6. The van der Waals surface area contributed by atoms with E-state index < -0.39 is 0 Å². The topological polar surface area (TPSA) is 15.3 Å². The molecular weight excluding hydrogens is 220 g/mol. The molecule has 0 amide bonds. The highest BCUT2D eigenvalue weighted by molar-refractivity contribution is 5.85. The number of nitrogens with zero attached hydrogens (tertiary/aromatic N) is 1. The van der Waals surface area contributed by atoms with E-state index in [9.17, 15) is 0 Å². The third-order valence-electron chi connectivity index (χ3n) is 4.08. The van der Waals surface area contributed by atoms with E-state index in [0.717, 1.165) is 11.8 Å². The summed E-state index contributed by atoms with van der Waals surface area (Å²) >= 11 is 0. The highest BCUT2D eigenvalue weighted by atomic mass is 35.5. The van der Waals surface area contributed by atoms with E-state index in [4.69, 9.17) is 0 Å². The van der Waals surface area contributed by atoms with Gasteiger partial charge in [0.25, 0.3) is 0 Å². The zero-order valence-corrected chi connectivity index (χ0v) is 11.4. The van der Waals surface area contributed by atoms with Crippen LogP contribution in [0.15, 0.2) is 0 Å². The molecule has 3 heteroatoms. The minimum Gasteiger partial charge on any atom is -0.315 e. The first-order valence-corrected chi connectivity index (χ1v) is 6.77. The quantitative estimate of drug-likeness (QED) is 0.806. The lowest BCUT2D eigenvalue weighted by Crippen LogP contribution is -2.34. The summed E-state index contributed by atoms with van der Waals surface area (Å²) in [5, 5.41) is 3.48. The average Bonchev–Trinajstić information content (AvgIpc) is 2.50. The van der Waals surface area contributed by atoms with Gasteiger partial charge in [-0.2, -0.15) is 0 Å². The summed E-state index contributed by atoms with van der Waals surface area (Å²) in [6.45, 7) is 8.78. The molecule has 2 nitrogen and oxygen atoms in total. The van der Waals surface area contributed by atoms with Gasteiger partial charge in [-0.25, -0.2) is 0 Å².